The van der Waals surface area contributed by atoms with Gasteiger partial charge < -0.3 is 9.88 Å². The molecular formula is C28H27F2N3O. The molecule has 1 saturated heterocycles. The number of nitrogens with zero attached hydrogens (tertiary/aromatic N) is 2. The minimum atomic E-state index is -0.287. The number of aromatic amines is 1. The molecule has 3 aromatic carbocycles. The maximum absolute atomic E-state index is 13.6. The van der Waals surface area contributed by atoms with Gasteiger partial charge in [-0.05, 0) is 53.9 Å². The molecule has 1 aromatic heterocycles. The number of rotatable bonds is 5. The van der Waals surface area contributed by atoms with Gasteiger partial charge in [0.15, 0.2) is 0 Å². The van der Waals surface area contributed by atoms with Gasteiger partial charge in [-0.25, -0.2) is 8.78 Å². The van der Waals surface area contributed by atoms with Gasteiger partial charge in [-0.15, -0.1) is 0 Å². The Labute approximate surface area is 197 Å². The number of para-hydroxylation sites is 1. The van der Waals surface area contributed by atoms with Gasteiger partial charge in [0.1, 0.15) is 11.6 Å². The number of fused-ring (bicyclic) bond motifs is 1. The van der Waals surface area contributed by atoms with Crippen molar-refractivity contribution >= 4 is 16.8 Å². The predicted molar refractivity (Wildman–Crippen MR) is 130 cm³/mol. The number of nitrogens with one attached hydrogen (secondary N) is 1. The summed E-state index contributed by atoms with van der Waals surface area (Å²) in [5.41, 5.74) is 5.03. The van der Waals surface area contributed by atoms with E-state index >= 15 is 0 Å². The van der Waals surface area contributed by atoms with E-state index in [2.05, 4.69) is 16.0 Å². The van der Waals surface area contributed by atoms with Crippen LogP contribution in [0.5, 0.6) is 0 Å². The smallest absolute Gasteiger partial charge is 0.227 e. The molecule has 0 aliphatic carbocycles. The summed E-state index contributed by atoms with van der Waals surface area (Å²) < 4.78 is 27.1. The number of halogens is 2. The number of aromatic nitrogens is 1. The fourth-order valence-corrected chi connectivity index (χ4v) is 4.96. The number of carbonyl (C=O) groups excluding carboxylic acids is 1. The van der Waals surface area contributed by atoms with Crippen molar-refractivity contribution in [3.8, 4) is 0 Å². The monoisotopic (exact) mass is 459 g/mol. The Kier molecular flexibility index (Phi) is 6.16. The number of hydrogen-bond acceptors (Lipinski definition) is 2. The third-order valence-corrected chi connectivity index (χ3v) is 6.76. The third-order valence-electron chi connectivity index (χ3n) is 6.76. The van der Waals surface area contributed by atoms with Crippen LogP contribution >= 0.6 is 0 Å². The Hall–Kier alpha value is -3.51. The molecule has 0 unspecified atom stereocenters. The van der Waals surface area contributed by atoms with Gasteiger partial charge in [0, 0.05) is 42.8 Å². The molecule has 4 aromatic rings. The van der Waals surface area contributed by atoms with Crippen molar-refractivity contribution in [3.63, 3.8) is 0 Å². The van der Waals surface area contributed by atoms with Crippen LogP contribution in [0.15, 0.2) is 72.8 Å². The zero-order valence-corrected chi connectivity index (χ0v) is 19.1. The first-order chi connectivity index (χ1) is 16.5. The molecule has 0 radical (unpaired) electrons. The van der Waals surface area contributed by atoms with Crippen molar-refractivity contribution in [2.24, 2.45) is 0 Å². The highest BCUT2D eigenvalue weighted by Gasteiger charge is 2.29. The van der Waals surface area contributed by atoms with E-state index in [1.165, 1.54) is 24.3 Å². The SMILES string of the molecule is Cc1[nH]c2ccccc2c1CC(=O)N1CCN(C(c2ccc(F)cc2)c2ccc(F)cc2)CC1. The highest BCUT2D eigenvalue weighted by molar-refractivity contribution is 5.90. The number of aryl methyl sites for hydroxylation is 1. The van der Waals surface area contributed by atoms with E-state index in [0.29, 0.717) is 32.6 Å². The largest absolute Gasteiger partial charge is 0.358 e. The molecule has 1 aliphatic rings. The van der Waals surface area contributed by atoms with Crippen molar-refractivity contribution in [1.82, 2.24) is 14.8 Å². The molecule has 6 heteroatoms. The minimum absolute atomic E-state index is 0.118. The van der Waals surface area contributed by atoms with E-state index in [4.69, 9.17) is 0 Å². The highest BCUT2D eigenvalue weighted by Crippen LogP contribution is 2.30. The normalized spacial score (nSPS) is 14.8. The van der Waals surface area contributed by atoms with E-state index < -0.39 is 0 Å². The second-order valence-electron chi connectivity index (χ2n) is 8.87. The van der Waals surface area contributed by atoms with Gasteiger partial charge in [-0.3, -0.25) is 9.69 Å². The average Bonchev–Trinajstić information content (AvgIpc) is 3.17. The van der Waals surface area contributed by atoms with Crippen molar-refractivity contribution in [3.05, 3.63) is 107 Å². The van der Waals surface area contributed by atoms with E-state index in [1.807, 2.05) is 30.0 Å². The van der Waals surface area contributed by atoms with E-state index in [9.17, 15) is 13.6 Å². The summed E-state index contributed by atoms with van der Waals surface area (Å²) in [4.78, 5) is 20.7. The summed E-state index contributed by atoms with van der Waals surface area (Å²) in [6.07, 6.45) is 0.370. The lowest BCUT2D eigenvalue weighted by Gasteiger charge is -2.40. The molecule has 4 nitrogen and oxygen atoms in total. The molecule has 174 valence electrons. The molecule has 34 heavy (non-hydrogen) atoms. The summed E-state index contributed by atoms with van der Waals surface area (Å²) in [7, 11) is 0. The molecule has 1 amide bonds. The van der Waals surface area contributed by atoms with Crippen LogP contribution in [-0.4, -0.2) is 46.9 Å². The second-order valence-corrected chi connectivity index (χ2v) is 8.87. The van der Waals surface area contributed by atoms with Gasteiger partial charge in [-0.2, -0.15) is 0 Å². The molecule has 0 atom stereocenters. The zero-order chi connectivity index (χ0) is 23.7. The summed E-state index contributed by atoms with van der Waals surface area (Å²) >= 11 is 0. The van der Waals surface area contributed by atoms with Crippen LogP contribution in [0, 0.1) is 18.6 Å². The maximum atomic E-state index is 13.6. The third kappa shape index (κ3) is 4.46. The first-order valence-electron chi connectivity index (χ1n) is 11.6. The number of carbonyl (C=O) groups is 1. The maximum Gasteiger partial charge on any atom is 0.227 e. The first-order valence-corrected chi connectivity index (χ1v) is 11.6. The molecule has 2 heterocycles. The highest BCUT2D eigenvalue weighted by atomic mass is 19.1. The number of piperazine rings is 1. The quantitative estimate of drug-likeness (QED) is 0.444. The fraction of sp³-hybridized carbons (Fsp3) is 0.250. The van der Waals surface area contributed by atoms with Crippen LogP contribution in [-0.2, 0) is 11.2 Å². The number of benzene rings is 3. The van der Waals surface area contributed by atoms with Crippen LogP contribution in [0.3, 0.4) is 0 Å². The molecular weight excluding hydrogens is 432 g/mol. The fourth-order valence-electron chi connectivity index (χ4n) is 4.96. The van der Waals surface area contributed by atoms with Crippen LogP contribution in [0.4, 0.5) is 8.78 Å². The Morgan fingerprint density at radius 2 is 1.41 bits per heavy atom. The zero-order valence-electron chi connectivity index (χ0n) is 19.1. The topological polar surface area (TPSA) is 39.3 Å². The Bertz CT molecular complexity index is 1240. The molecule has 1 N–H and O–H groups in total. The predicted octanol–water partition coefficient (Wildman–Crippen LogP) is 5.23. The summed E-state index contributed by atoms with van der Waals surface area (Å²) in [5.74, 6) is -0.457. The molecule has 0 saturated carbocycles. The molecule has 1 fully saturated rings. The van der Waals surface area contributed by atoms with Crippen LogP contribution in [0.2, 0.25) is 0 Å². The van der Waals surface area contributed by atoms with E-state index in [-0.39, 0.29) is 23.6 Å². The Balaban J connectivity index is 1.32. The minimum Gasteiger partial charge on any atom is -0.358 e. The number of hydrogen-bond donors (Lipinski definition) is 1. The van der Waals surface area contributed by atoms with Gasteiger partial charge in [0.2, 0.25) is 5.91 Å². The van der Waals surface area contributed by atoms with Gasteiger partial charge in [-0.1, -0.05) is 42.5 Å². The van der Waals surface area contributed by atoms with Gasteiger partial charge in [0.05, 0.1) is 12.5 Å². The molecule has 0 bridgehead atoms. The molecule has 0 spiro atoms. The van der Waals surface area contributed by atoms with Crippen molar-refractivity contribution in [1.29, 1.82) is 0 Å². The second kappa shape index (κ2) is 9.39. The van der Waals surface area contributed by atoms with Crippen LogP contribution < -0.4 is 0 Å². The standard InChI is InChI=1S/C28H27F2N3O/c1-19-25(24-4-2-3-5-26(24)31-19)18-27(34)32-14-16-33(17-15-32)28(20-6-10-22(29)11-7-20)21-8-12-23(30)13-9-21/h2-13,28,31H,14-18H2,1H3. The van der Waals surface area contributed by atoms with Gasteiger partial charge >= 0.3 is 0 Å². The summed E-state index contributed by atoms with van der Waals surface area (Å²) in [5, 5.41) is 1.10. The van der Waals surface area contributed by atoms with Crippen LogP contribution in [0.25, 0.3) is 10.9 Å². The lowest BCUT2D eigenvalue weighted by atomic mass is 9.96. The van der Waals surface area contributed by atoms with Crippen molar-refractivity contribution in [2.45, 2.75) is 19.4 Å². The average molecular weight is 460 g/mol. The first kappa shape index (κ1) is 22.3. The van der Waals surface area contributed by atoms with Crippen molar-refractivity contribution < 1.29 is 13.6 Å². The molecule has 1 aliphatic heterocycles. The summed E-state index contributed by atoms with van der Waals surface area (Å²) in [6, 6.07) is 20.9. The number of H-pyrrole nitrogens is 1. The van der Waals surface area contributed by atoms with E-state index in [0.717, 1.165) is 33.3 Å². The van der Waals surface area contributed by atoms with E-state index in [1.54, 1.807) is 24.3 Å². The lowest BCUT2D eigenvalue weighted by Crippen LogP contribution is -2.50. The summed E-state index contributed by atoms with van der Waals surface area (Å²) in [6.45, 7) is 4.59. The van der Waals surface area contributed by atoms with Crippen molar-refractivity contribution in [2.75, 3.05) is 26.2 Å². The lowest BCUT2D eigenvalue weighted by molar-refractivity contribution is -0.132. The Morgan fingerprint density at radius 1 is 0.853 bits per heavy atom. The molecule has 5 rings (SSSR count). The Morgan fingerprint density at radius 3 is 2.00 bits per heavy atom. The van der Waals surface area contributed by atoms with Crippen LogP contribution in [0.1, 0.15) is 28.4 Å². The number of amides is 1. The van der Waals surface area contributed by atoms with Gasteiger partial charge in [0.25, 0.3) is 0 Å².